The minimum Gasteiger partial charge on any atom is -0.469 e. The van der Waals surface area contributed by atoms with E-state index < -0.39 is 0 Å². The number of nitrogens with one attached hydrogen (secondary N) is 1. The van der Waals surface area contributed by atoms with Gasteiger partial charge >= 0.3 is 0 Å². The van der Waals surface area contributed by atoms with Gasteiger partial charge in [0.2, 0.25) is 5.88 Å². The fraction of sp³-hybridized carbons (Fsp3) is 0.238. The summed E-state index contributed by atoms with van der Waals surface area (Å²) in [4.78, 5) is 11.7. The fourth-order valence-corrected chi connectivity index (χ4v) is 3.46. The van der Waals surface area contributed by atoms with Gasteiger partial charge in [-0.3, -0.25) is 0 Å². The Labute approximate surface area is 152 Å². The molecule has 0 amide bonds. The minimum absolute atomic E-state index is 0.138. The SMILES string of the molecule is CC1=C(OC2CN(c3ccc4ccccc4n3)C2)N=C2C=CC=CC2N1. The molecule has 3 heterocycles. The highest BCUT2D eigenvalue weighted by atomic mass is 16.5. The number of ether oxygens (including phenoxy) is 1. The number of hydrogen-bond donors (Lipinski definition) is 1. The van der Waals surface area contributed by atoms with Gasteiger partial charge in [-0.2, -0.15) is 0 Å². The molecule has 0 saturated carbocycles. The fourth-order valence-electron chi connectivity index (χ4n) is 3.46. The second-order valence-electron chi connectivity index (χ2n) is 6.84. The Kier molecular flexibility index (Phi) is 3.52. The van der Waals surface area contributed by atoms with Crippen molar-refractivity contribution < 1.29 is 4.74 Å². The molecule has 2 aromatic rings. The first kappa shape index (κ1) is 15.2. The van der Waals surface area contributed by atoms with Crippen LogP contribution in [0.4, 0.5) is 5.82 Å². The van der Waals surface area contributed by atoms with Crippen LogP contribution in [0, 0.1) is 0 Å². The molecular formula is C21H20N4O. The number of rotatable bonds is 3. The molecule has 1 saturated heterocycles. The molecule has 1 N–H and O–H groups in total. The lowest BCUT2D eigenvalue weighted by atomic mass is 10.0. The second kappa shape index (κ2) is 6.02. The lowest BCUT2D eigenvalue weighted by Crippen LogP contribution is -2.53. The normalized spacial score (nSPS) is 22.0. The molecular weight excluding hydrogens is 324 g/mol. The summed E-state index contributed by atoms with van der Waals surface area (Å²) in [5.74, 6) is 1.70. The van der Waals surface area contributed by atoms with Crippen molar-refractivity contribution in [2.45, 2.75) is 19.1 Å². The summed E-state index contributed by atoms with van der Waals surface area (Å²) in [6.45, 7) is 3.67. The van der Waals surface area contributed by atoms with Crippen LogP contribution < -0.4 is 10.2 Å². The van der Waals surface area contributed by atoms with E-state index in [-0.39, 0.29) is 12.1 Å². The highest BCUT2D eigenvalue weighted by Crippen LogP contribution is 2.26. The first-order chi connectivity index (χ1) is 12.8. The molecule has 2 aliphatic heterocycles. The molecule has 1 aromatic heterocycles. The maximum atomic E-state index is 6.13. The molecule has 1 atom stereocenters. The van der Waals surface area contributed by atoms with E-state index in [1.807, 2.05) is 43.4 Å². The third kappa shape index (κ3) is 2.65. The molecule has 26 heavy (non-hydrogen) atoms. The number of aliphatic imine (C=N–C) groups is 1. The van der Waals surface area contributed by atoms with Crippen LogP contribution in [0.3, 0.4) is 0 Å². The van der Waals surface area contributed by atoms with E-state index in [0.29, 0.717) is 5.88 Å². The summed E-state index contributed by atoms with van der Waals surface area (Å²) in [6.07, 6.45) is 8.32. The van der Waals surface area contributed by atoms with Crippen LogP contribution in [0.5, 0.6) is 0 Å². The molecule has 1 fully saturated rings. The molecule has 5 nitrogen and oxygen atoms in total. The van der Waals surface area contributed by atoms with Gasteiger partial charge in [0.05, 0.1) is 36.1 Å². The molecule has 0 spiro atoms. The molecule has 1 aromatic carbocycles. The van der Waals surface area contributed by atoms with E-state index >= 15 is 0 Å². The topological polar surface area (TPSA) is 49.8 Å². The third-order valence-electron chi connectivity index (χ3n) is 4.96. The first-order valence-corrected chi connectivity index (χ1v) is 8.94. The molecule has 5 heteroatoms. The predicted octanol–water partition coefficient (Wildman–Crippen LogP) is 3.17. The average Bonchev–Trinajstić information content (AvgIpc) is 2.64. The van der Waals surface area contributed by atoms with E-state index in [1.165, 1.54) is 5.39 Å². The molecule has 1 aliphatic carbocycles. The number of aromatic nitrogens is 1. The summed E-state index contributed by atoms with van der Waals surface area (Å²) in [6, 6.07) is 12.6. The van der Waals surface area contributed by atoms with E-state index in [4.69, 9.17) is 9.72 Å². The van der Waals surface area contributed by atoms with Gasteiger partial charge in [-0.15, -0.1) is 0 Å². The maximum absolute atomic E-state index is 6.13. The number of pyridine rings is 1. The molecule has 5 rings (SSSR count). The van der Waals surface area contributed by atoms with Crippen LogP contribution in [-0.2, 0) is 4.74 Å². The standard InChI is InChI=1S/C21H20N4O/c1-14-21(24-19-9-5-4-8-18(19)22-14)26-16-12-25(13-16)20-11-10-15-6-2-3-7-17(15)23-20/h2-11,16,18,22H,12-13H2,1H3. The number of benzene rings is 1. The van der Waals surface area contributed by atoms with Crippen molar-refractivity contribution in [3.63, 3.8) is 0 Å². The smallest absolute Gasteiger partial charge is 0.233 e. The molecule has 130 valence electrons. The molecule has 0 radical (unpaired) electrons. The Morgan fingerprint density at radius 2 is 2.00 bits per heavy atom. The number of hydrogen-bond acceptors (Lipinski definition) is 5. The van der Waals surface area contributed by atoms with E-state index in [2.05, 4.69) is 39.5 Å². The van der Waals surface area contributed by atoms with Gasteiger partial charge in [-0.25, -0.2) is 9.98 Å². The summed E-state index contributed by atoms with van der Waals surface area (Å²) >= 11 is 0. The van der Waals surface area contributed by atoms with Crippen molar-refractivity contribution in [3.8, 4) is 0 Å². The van der Waals surface area contributed by atoms with Gasteiger partial charge in [0.25, 0.3) is 0 Å². The van der Waals surface area contributed by atoms with Crippen molar-refractivity contribution >= 4 is 22.4 Å². The number of para-hydroxylation sites is 1. The van der Waals surface area contributed by atoms with E-state index in [1.54, 1.807) is 0 Å². The summed E-state index contributed by atoms with van der Waals surface area (Å²) in [7, 11) is 0. The zero-order valence-electron chi connectivity index (χ0n) is 14.6. The Morgan fingerprint density at radius 1 is 1.12 bits per heavy atom. The van der Waals surface area contributed by atoms with Crippen molar-refractivity contribution in [1.82, 2.24) is 10.3 Å². The summed E-state index contributed by atoms with van der Waals surface area (Å²) in [5, 5.41) is 4.61. The Bertz CT molecular complexity index is 982. The van der Waals surface area contributed by atoms with Gasteiger partial charge in [0.15, 0.2) is 0 Å². The van der Waals surface area contributed by atoms with Gasteiger partial charge in [0.1, 0.15) is 11.9 Å². The lowest BCUT2D eigenvalue weighted by Gasteiger charge is -2.40. The third-order valence-corrected chi connectivity index (χ3v) is 4.96. The average molecular weight is 344 g/mol. The van der Waals surface area contributed by atoms with Gasteiger partial charge < -0.3 is 15.0 Å². The number of anilines is 1. The van der Waals surface area contributed by atoms with Crippen LogP contribution >= 0.6 is 0 Å². The zero-order chi connectivity index (χ0) is 17.5. The highest BCUT2D eigenvalue weighted by Gasteiger charge is 2.32. The predicted molar refractivity (Wildman–Crippen MR) is 104 cm³/mol. The molecule has 0 bridgehead atoms. The second-order valence-corrected chi connectivity index (χ2v) is 6.84. The summed E-state index contributed by atoms with van der Waals surface area (Å²) < 4.78 is 6.13. The van der Waals surface area contributed by atoms with Crippen LogP contribution in [0.2, 0.25) is 0 Å². The van der Waals surface area contributed by atoms with Crippen molar-refractivity contribution in [3.05, 3.63) is 72.3 Å². The largest absolute Gasteiger partial charge is 0.469 e. The maximum Gasteiger partial charge on any atom is 0.233 e. The van der Waals surface area contributed by atoms with Crippen LogP contribution in [-0.4, -0.2) is 35.9 Å². The van der Waals surface area contributed by atoms with Crippen molar-refractivity contribution in [2.75, 3.05) is 18.0 Å². The Morgan fingerprint density at radius 3 is 2.92 bits per heavy atom. The van der Waals surface area contributed by atoms with Gasteiger partial charge in [-0.05, 0) is 31.2 Å². The molecule has 1 unspecified atom stereocenters. The van der Waals surface area contributed by atoms with E-state index in [9.17, 15) is 0 Å². The lowest BCUT2D eigenvalue weighted by molar-refractivity contribution is 0.0850. The number of allylic oxidation sites excluding steroid dienone is 3. The first-order valence-electron chi connectivity index (χ1n) is 8.94. The quantitative estimate of drug-likeness (QED) is 0.929. The molecule has 3 aliphatic rings. The van der Waals surface area contributed by atoms with Crippen LogP contribution in [0.15, 0.2) is 77.3 Å². The Hall–Kier alpha value is -3.08. The Balaban J connectivity index is 1.26. The monoisotopic (exact) mass is 344 g/mol. The van der Waals surface area contributed by atoms with Crippen molar-refractivity contribution in [2.24, 2.45) is 4.99 Å². The van der Waals surface area contributed by atoms with Gasteiger partial charge in [-0.1, -0.05) is 36.4 Å². The number of fused-ring (bicyclic) bond motifs is 2. The van der Waals surface area contributed by atoms with Crippen LogP contribution in [0.25, 0.3) is 10.9 Å². The minimum atomic E-state index is 0.138. The van der Waals surface area contributed by atoms with Crippen LogP contribution in [0.1, 0.15) is 6.92 Å². The zero-order valence-corrected chi connectivity index (χ0v) is 14.6. The number of nitrogens with zero attached hydrogens (tertiary/aromatic N) is 3. The van der Waals surface area contributed by atoms with Crippen molar-refractivity contribution in [1.29, 1.82) is 0 Å². The van der Waals surface area contributed by atoms with Gasteiger partial charge in [0, 0.05) is 5.39 Å². The summed E-state index contributed by atoms with van der Waals surface area (Å²) in [5.41, 5.74) is 3.01. The van der Waals surface area contributed by atoms with E-state index in [0.717, 1.165) is 35.8 Å². The highest BCUT2D eigenvalue weighted by molar-refractivity contribution is 6.03.